The number of alkyl halides is 3. The molecule has 0 amide bonds. The van der Waals surface area contributed by atoms with E-state index in [4.69, 9.17) is 4.55 Å². The monoisotopic (exact) mass is 410 g/mol. The van der Waals surface area contributed by atoms with Crippen LogP contribution in [0, 0.1) is 0 Å². The third-order valence-corrected chi connectivity index (χ3v) is 5.21. The molecule has 0 saturated heterocycles. The Bertz CT molecular complexity index is 613. The lowest BCUT2D eigenvalue weighted by molar-refractivity contribution is -0.324. The lowest BCUT2D eigenvalue weighted by Gasteiger charge is -2.07. The van der Waals surface area contributed by atoms with E-state index in [1.807, 2.05) is 0 Å². The maximum absolute atomic E-state index is 11.8. The van der Waals surface area contributed by atoms with Crippen molar-refractivity contribution in [3.8, 4) is 0 Å². The Morgan fingerprint density at radius 3 is 1.67 bits per heavy atom. The summed E-state index contributed by atoms with van der Waals surface area (Å²) in [7, 11) is -4.12. The van der Waals surface area contributed by atoms with E-state index in [1.165, 1.54) is 12.1 Å². The van der Waals surface area contributed by atoms with Crippen molar-refractivity contribution in [3.05, 3.63) is 29.8 Å². The van der Waals surface area contributed by atoms with Crippen LogP contribution >= 0.6 is 0 Å². The molecule has 0 unspecified atom stereocenters. The van der Waals surface area contributed by atoms with Crippen LogP contribution in [0.3, 0.4) is 0 Å². The number of benzene rings is 1. The summed E-state index contributed by atoms with van der Waals surface area (Å²) in [6, 6.07) is 6.28. The number of halogens is 3. The minimum atomic E-state index is -4.51. The molecule has 156 valence electrons. The highest BCUT2D eigenvalue weighted by atomic mass is 32.2. The topological polar surface area (TPSA) is 63.6 Å². The fourth-order valence-electron chi connectivity index (χ4n) is 2.86. The number of hydrogen-bond acceptors (Lipinski definition) is 3. The molecule has 0 heterocycles. The number of hydrogen-bond donors (Lipinski definition) is 1. The molecule has 1 rings (SSSR count). The van der Waals surface area contributed by atoms with Gasteiger partial charge >= 0.3 is 6.36 Å². The quantitative estimate of drug-likeness (QED) is 0.306. The SMILES string of the molecule is O=S(=O)(O)c1ccc(CCCCCCCCCCCCOC(F)(F)F)cc1. The van der Waals surface area contributed by atoms with Crippen LogP contribution in [0.4, 0.5) is 13.2 Å². The van der Waals surface area contributed by atoms with Crippen molar-refractivity contribution in [3.63, 3.8) is 0 Å². The zero-order valence-corrected chi connectivity index (χ0v) is 16.3. The molecule has 0 bridgehead atoms. The summed E-state index contributed by atoms with van der Waals surface area (Å²) in [5.74, 6) is 0. The van der Waals surface area contributed by atoms with Crippen LogP contribution in [0.15, 0.2) is 29.2 Å². The van der Waals surface area contributed by atoms with Gasteiger partial charge in [-0.15, -0.1) is 13.2 Å². The smallest absolute Gasteiger partial charge is 0.292 e. The van der Waals surface area contributed by atoms with Crippen molar-refractivity contribution in [1.82, 2.24) is 0 Å². The molecule has 27 heavy (non-hydrogen) atoms. The van der Waals surface area contributed by atoms with E-state index < -0.39 is 16.5 Å². The van der Waals surface area contributed by atoms with Crippen LogP contribution in [-0.2, 0) is 21.3 Å². The molecular weight excluding hydrogens is 381 g/mol. The lowest BCUT2D eigenvalue weighted by Crippen LogP contribution is -2.13. The average molecular weight is 410 g/mol. The summed E-state index contributed by atoms with van der Waals surface area (Å²) < 4.78 is 69.9. The minimum Gasteiger partial charge on any atom is -0.292 e. The van der Waals surface area contributed by atoms with Crippen LogP contribution in [0.1, 0.15) is 69.8 Å². The van der Waals surface area contributed by atoms with Crippen LogP contribution in [-0.4, -0.2) is 25.9 Å². The van der Waals surface area contributed by atoms with Gasteiger partial charge in [0.1, 0.15) is 0 Å². The second-order valence-corrected chi connectivity index (χ2v) is 8.12. The molecule has 1 aromatic carbocycles. The molecule has 0 radical (unpaired) electrons. The highest BCUT2D eigenvalue weighted by Gasteiger charge is 2.28. The standard InChI is InChI=1S/C19H29F3O4S/c20-19(21,22)26-16-10-8-6-4-2-1-3-5-7-9-11-17-12-14-18(15-13-17)27(23,24)25/h12-15H,1-11,16H2,(H,23,24,25). The number of rotatable bonds is 14. The van der Waals surface area contributed by atoms with Crippen LogP contribution in [0.5, 0.6) is 0 Å². The molecule has 4 nitrogen and oxygen atoms in total. The van der Waals surface area contributed by atoms with Gasteiger partial charge in [0, 0.05) is 0 Å². The maximum Gasteiger partial charge on any atom is 0.522 e. The second kappa shape index (κ2) is 12.4. The van der Waals surface area contributed by atoms with Gasteiger partial charge in [-0.05, 0) is 37.0 Å². The van der Waals surface area contributed by atoms with Crippen molar-refractivity contribution in [2.45, 2.75) is 81.9 Å². The molecule has 0 spiro atoms. The summed E-state index contributed by atoms with van der Waals surface area (Å²) in [4.78, 5) is -0.0841. The summed E-state index contributed by atoms with van der Waals surface area (Å²) in [5.41, 5.74) is 1.05. The molecule has 0 aliphatic heterocycles. The predicted molar refractivity (Wildman–Crippen MR) is 98.1 cm³/mol. The normalized spacial score (nSPS) is 12.4. The van der Waals surface area contributed by atoms with E-state index >= 15 is 0 Å². The summed E-state index contributed by atoms with van der Waals surface area (Å²) in [6.45, 7) is -0.248. The van der Waals surface area contributed by atoms with Gasteiger partial charge in [-0.3, -0.25) is 9.29 Å². The fourth-order valence-corrected chi connectivity index (χ4v) is 3.34. The number of aryl methyl sites for hydroxylation is 1. The molecule has 0 aliphatic rings. The van der Waals surface area contributed by atoms with E-state index in [1.54, 1.807) is 12.1 Å². The highest BCUT2D eigenvalue weighted by molar-refractivity contribution is 7.85. The largest absolute Gasteiger partial charge is 0.522 e. The van der Waals surface area contributed by atoms with E-state index in [9.17, 15) is 21.6 Å². The third kappa shape index (κ3) is 12.8. The zero-order valence-electron chi connectivity index (χ0n) is 15.5. The summed E-state index contributed by atoms with van der Waals surface area (Å²) in [6.07, 6.45) is 6.26. The first-order chi connectivity index (χ1) is 12.7. The first-order valence-corrected chi connectivity index (χ1v) is 10.9. The lowest BCUT2D eigenvalue weighted by atomic mass is 10.0. The Labute approximate surface area is 159 Å². The van der Waals surface area contributed by atoms with E-state index in [-0.39, 0.29) is 11.5 Å². The van der Waals surface area contributed by atoms with Gasteiger partial charge in [0.05, 0.1) is 11.5 Å². The van der Waals surface area contributed by atoms with Gasteiger partial charge in [-0.2, -0.15) is 8.42 Å². The third-order valence-electron chi connectivity index (χ3n) is 4.35. The van der Waals surface area contributed by atoms with Crippen molar-refractivity contribution in [2.75, 3.05) is 6.61 Å². The summed E-state index contributed by atoms with van der Waals surface area (Å²) >= 11 is 0. The van der Waals surface area contributed by atoms with Gasteiger partial charge in [0.2, 0.25) is 0 Å². The first-order valence-electron chi connectivity index (χ1n) is 9.45. The van der Waals surface area contributed by atoms with E-state index in [2.05, 4.69) is 4.74 Å². The Kier molecular flexibility index (Phi) is 10.9. The van der Waals surface area contributed by atoms with Crippen LogP contribution in [0.2, 0.25) is 0 Å². The second-order valence-electron chi connectivity index (χ2n) is 6.70. The van der Waals surface area contributed by atoms with Crippen molar-refractivity contribution >= 4 is 10.1 Å². The van der Waals surface area contributed by atoms with Gasteiger partial charge in [0.15, 0.2) is 0 Å². The highest BCUT2D eigenvalue weighted by Crippen LogP contribution is 2.17. The Hall–Kier alpha value is -1.12. The Morgan fingerprint density at radius 2 is 1.22 bits per heavy atom. The first kappa shape index (κ1) is 23.9. The molecule has 0 saturated carbocycles. The molecule has 1 aromatic rings. The van der Waals surface area contributed by atoms with Crippen molar-refractivity contribution < 1.29 is 30.9 Å². The molecule has 8 heteroatoms. The molecule has 0 atom stereocenters. The Morgan fingerprint density at radius 1 is 0.778 bits per heavy atom. The van der Waals surface area contributed by atoms with Crippen LogP contribution < -0.4 is 0 Å². The van der Waals surface area contributed by atoms with Gasteiger partial charge in [0.25, 0.3) is 10.1 Å². The number of ether oxygens (including phenoxy) is 1. The number of unbranched alkanes of at least 4 members (excludes halogenated alkanes) is 9. The predicted octanol–water partition coefficient (Wildman–Crippen LogP) is 5.91. The fraction of sp³-hybridized carbons (Fsp3) is 0.684. The Balaban J connectivity index is 1.92. The molecule has 0 fully saturated rings. The van der Waals surface area contributed by atoms with E-state index in [0.717, 1.165) is 69.8 Å². The average Bonchev–Trinajstić information content (AvgIpc) is 2.57. The van der Waals surface area contributed by atoms with Gasteiger partial charge < -0.3 is 0 Å². The molecular formula is C19H29F3O4S. The van der Waals surface area contributed by atoms with Crippen molar-refractivity contribution in [2.24, 2.45) is 0 Å². The van der Waals surface area contributed by atoms with Crippen molar-refractivity contribution in [1.29, 1.82) is 0 Å². The maximum atomic E-state index is 11.8. The van der Waals surface area contributed by atoms with Gasteiger partial charge in [-0.1, -0.05) is 63.5 Å². The molecule has 0 aliphatic carbocycles. The van der Waals surface area contributed by atoms with Gasteiger partial charge in [-0.25, -0.2) is 0 Å². The minimum absolute atomic E-state index is 0.0841. The van der Waals surface area contributed by atoms with E-state index in [0.29, 0.717) is 6.42 Å². The summed E-state index contributed by atoms with van der Waals surface area (Å²) in [5, 5.41) is 0. The van der Waals surface area contributed by atoms with Crippen LogP contribution in [0.25, 0.3) is 0 Å². The molecule has 0 aromatic heterocycles. The zero-order chi connectivity index (χ0) is 20.2. The molecule has 1 N–H and O–H groups in total.